The molecule has 0 radical (unpaired) electrons. The Hall–Kier alpha value is -0.800. The molecule has 36 heavy (non-hydrogen) atoms. The smallest absolute Gasteiger partial charge is 0.369 e. The Bertz CT molecular complexity index is 910. The summed E-state index contributed by atoms with van der Waals surface area (Å²) in [7, 11) is 0. The first-order chi connectivity index (χ1) is 16.2. The lowest BCUT2D eigenvalue weighted by Crippen LogP contribution is -2.79. The molecular weight excluding hydrogens is 486 g/mol. The van der Waals surface area contributed by atoms with Crippen LogP contribution in [-0.4, -0.2) is 44.5 Å². The summed E-state index contributed by atoms with van der Waals surface area (Å²) in [4.78, 5) is 0. The molecule has 0 aromatic heterocycles. The molecule has 4 aliphatic carbocycles. The van der Waals surface area contributed by atoms with Gasteiger partial charge in [0.2, 0.25) is 0 Å². The van der Waals surface area contributed by atoms with Crippen LogP contribution in [0.2, 0.25) is 0 Å². The molecule has 0 aromatic rings. The lowest BCUT2D eigenvalue weighted by Gasteiger charge is -2.63. The van der Waals surface area contributed by atoms with Gasteiger partial charge in [0.1, 0.15) is 0 Å². The SMILES string of the molecule is C[C@H](CCCC(C)(C)O)[C@H]1CC[C@H]2[C@@H]3CC=C4C(F)(F)C(O)(F)C(F)(F)C(O)(F)[C@]4(C)[C@H]3CC[C@]12C. The maximum Gasteiger partial charge on any atom is 0.369 e. The van der Waals surface area contributed by atoms with E-state index in [1.54, 1.807) is 13.8 Å². The molecular formula is C27H40F6O3. The van der Waals surface area contributed by atoms with Gasteiger partial charge in [0.25, 0.3) is 5.85 Å². The summed E-state index contributed by atoms with van der Waals surface area (Å²) in [5.74, 6) is -21.9. The highest BCUT2D eigenvalue weighted by Crippen LogP contribution is 2.74. The van der Waals surface area contributed by atoms with Crippen LogP contribution in [0.5, 0.6) is 0 Å². The molecule has 9 heteroatoms. The van der Waals surface area contributed by atoms with Gasteiger partial charge in [-0.2, -0.15) is 22.0 Å². The van der Waals surface area contributed by atoms with Crippen LogP contribution < -0.4 is 0 Å². The minimum absolute atomic E-state index is 0.0307. The minimum Gasteiger partial charge on any atom is -0.390 e. The van der Waals surface area contributed by atoms with Crippen LogP contribution in [-0.2, 0) is 0 Å². The minimum atomic E-state index is -5.73. The molecule has 0 amide bonds. The summed E-state index contributed by atoms with van der Waals surface area (Å²) < 4.78 is 89.7. The van der Waals surface area contributed by atoms with Crippen LogP contribution in [0.4, 0.5) is 26.3 Å². The standard InChI is InChI=1S/C27H40F6O3/c1-15(7-6-13-21(2,3)34)17-9-10-18-16-8-11-20-23(5,19(16)12-14-22(17,18)4)26(32,35)25(30,31)27(33,36)24(20,28)29/h11,15-19,34-36H,6-10,12-14H2,1-5H3/t15-,16+,17-,18+,19+,22-,23-,26?,27?/m1/s1. The molecule has 3 nitrogen and oxygen atoms in total. The maximum atomic E-state index is 15.7. The lowest BCUT2D eigenvalue weighted by atomic mass is 9.44. The zero-order chi connectivity index (χ0) is 27.3. The Morgan fingerprint density at radius 2 is 1.58 bits per heavy atom. The molecule has 0 aliphatic heterocycles. The number of alkyl halides is 6. The van der Waals surface area contributed by atoms with E-state index in [1.165, 1.54) is 0 Å². The predicted octanol–water partition coefficient (Wildman–Crippen LogP) is 6.56. The van der Waals surface area contributed by atoms with Gasteiger partial charge in [-0.25, -0.2) is 4.39 Å². The lowest BCUT2D eigenvalue weighted by molar-refractivity contribution is -0.448. The molecule has 0 saturated heterocycles. The average molecular weight is 527 g/mol. The Morgan fingerprint density at radius 1 is 0.972 bits per heavy atom. The van der Waals surface area contributed by atoms with Crippen LogP contribution in [0.25, 0.3) is 0 Å². The summed E-state index contributed by atoms with van der Waals surface area (Å²) in [6, 6.07) is 0. The van der Waals surface area contributed by atoms with Gasteiger partial charge in [0.15, 0.2) is 0 Å². The first-order valence-electron chi connectivity index (χ1n) is 13.2. The summed E-state index contributed by atoms with van der Waals surface area (Å²) in [5.41, 5.74) is -4.97. The quantitative estimate of drug-likeness (QED) is 0.281. The number of halogens is 6. The molecule has 0 heterocycles. The highest BCUT2D eigenvalue weighted by molar-refractivity contribution is 5.40. The van der Waals surface area contributed by atoms with Gasteiger partial charge >= 0.3 is 17.7 Å². The van der Waals surface area contributed by atoms with E-state index in [9.17, 15) is 28.5 Å². The number of hydrogen-bond donors (Lipinski definition) is 3. The molecule has 3 fully saturated rings. The molecule has 2 unspecified atom stereocenters. The molecule has 208 valence electrons. The molecule has 3 saturated carbocycles. The molecule has 4 rings (SSSR count). The molecule has 9 atom stereocenters. The van der Waals surface area contributed by atoms with Crippen LogP contribution in [0.15, 0.2) is 11.6 Å². The van der Waals surface area contributed by atoms with Gasteiger partial charge in [0.05, 0.1) is 11.0 Å². The average Bonchev–Trinajstić information content (AvgIpc) is 3.09. The molecule has 0 aromatic carbocycles. The highest BCUT2D eigenvalue weighted by atomic mass is 19.3. The molecule has 0 spiro atoms. The fourth-order valence-corrected chi connectivity index (χ4v) is 8.83. The number of fused-ring (bicyclic) bond motifs is 5. The third kappa shape index (κ3) is 3.43. The summed E-state index contributed by atoms with van der Waals surface area (Å²) in [6.07, 6.45) is 5.60. The Morgan fingerprint density at radius 3 is 2.17 bits per heavy atom. The van der Waals surface area contributed by atoms with E-state index in [0.29, 0.717) is 24.7 Å². The van der Waals surface area contributed by atoms with Crippen molar-refractivity contribution in [3.8, 4) is 0 Å². The second-order valence-electron chi connectivity index (χ2n) is 13.2. The fraction of sp³-hybridized carbons (Fsp3) is 0.926. The summed E-state index contributed by atoms with van der Waals surface area (Å²) in [5, 5.41) is 30.0. The van der Waals surface area contributed by atoms with Gasteiger partial charge in [-0.1, -0.05) is 32.8 Å². The number of allylic oxidation sites excluding steroid dienone is 1. The summed E-state index contributed by atoms with van der Waals surface area (Å²) in [6.45, 7) is 8.70. The van der Waals surface area contributed by atoms with Crippen LogP contribution in [0.1, 0.15) is 86.0 Å². The van der Waals surface area contributed by atoms with Crippen molar-refractivity contribution in [2.45, 2.75) is 115 Å². The maximum absolute atomic E-state index is 15.7. The van der Waals surface area contributed by atoms with Crippen molar-refractivity contribution >= 4 is 0 Å². The van der Waals surface area contributed by atoms with E-state index < -0.39 is 52.0 Å². The van der Waals surface area contributed by atoms with E-state index in [4.69, 9.17) is 0 Å². The van der Waals surface area contributed by atoms with Crippen LogP contribution >= 0.6 is 0 Å². The Labute approximate surface area is 209 Å². The van der Waals surface area contributed by atoms with Crippen molar-refractivity contribution in [2.24, 2.45) is 40.4 Å². The Kier molecular flexibility index (Phi) is 6.35. The second kappa shape index (κ2) is 8.10. The van der Waals surface area contributed by atoms with E-state index in [-0.39, 0.29) is 24.2 Å². The van der Waals surface area contributed by atoms with Gasteiger partial charge in [0, 0.05) is 5.57 Å². The van der Waals surface area contributed by atoms with Crippen molar-refractivity contribution in [3.63, 3.8) is 0 Å². The van der Waals surface area contributed by atoms with Gasteiger partial charge in [-0.15, -0.1) is 0 Å². The van der Waals surface area contributed by atoms with Crippen LogP contribution in [0, 0.1) is 40.4 Å². The predicted molar refractivity (Wildman–Crippen MR) is 123 cm³/mol. The third-order valence-corrected chi connectivity index (χ3v) is 10.8. The third-order valence-electron chi connectivity index (χ3n) is 10.8. The molecule has 0 bridgehead atoms. The van der Waals surface area contributed by atoms with E-state index >= 15 is 13.2 Å². The molecule has 3 N–H and O–H groups in total. The highest BCUT2D eigenvalue weighted by Gasteiger charge is 2.90. The van der Waals surface area contributed by atoms with Crippen molar-refractivity contribution in [1.29, 1.82) is 0 Å². The molecule has 4 aliphatic rings. The van der Waals surface area contributed by atoms with Crippen molar-refractivity contribution < 1.29 is 41.7 Å². The topological polar surface area (TPSA) is 60.7 Å². The van der Waals surface area contributed by atoms with Crippen molar-refractivity contribution in [3.05, 3.63) is 11.6 Å². The first kappa shape index (κ1) is 28.2. The van der Waals surface area contributed by atoms with Gasteiger partial charge in [-0.3, -0.25) is 0 Å². The fourth-order valence-electron chi connectivity index (χ4n) is 8.83. The van der Waals surface area contributed by atoms with E-state index in [2.05, 4.69) is 13.8 Å². The normalized spacial score (nSPS) is 48.4. The monoisotopic (exact) mass is 526 g/mol. The number of hydrogen-bond acceptors (Lipinski definition) is 3. The largest absolute Gasteiger partial charge is 0.390 e. The summed E-state index contributed by atoms with van der Waals surface area (Å²) >= 11 is 0. The van der Waals surface area contributed by atoms with Crippen molar-refractivity contribution in [2.75, 3.05) is 0 Å². The van der Waals surface area contributed by atoms with Gasteiger partial charge < -0.3 is 15.3 Å². The zero-order valence-corrected chi connectivity index (χ0v) is 21.7. The van der Waals surface area contributed by atoms with Crippen molar-refractivity contribution in [1.82, 2.24) is 0 Å². The second-order valence-corrected chi connectivity index (χ2v) is 13.2. The Balaban J connectivity index is 1.66. The van der Waals surface area contributed by atoms with Gasteiger partial charge in [-0.05, 0) is 94.3 Å². The zero-order valence-electron chi connectivity index (χ0n) is 21.7. The number of aliphatic hydroxyl groups is 3. The van der Waals surface area contributed by atoms with E-state index in [0.717, 1.165) is 38.7 Å². The first-order valence-corrected chi connectivity index (χ1v) is 13.2. The van der Waals surface area contributed by atoms with E-state index in [1.807, 2.05) is 0 Å². The number of rotatable bonds is 5. The van der Waals surface area contributed by atoms with Crippen LogP contribution in [0.3, 0.4) is 0 Å².